The van der Waals surface area contributed by atoms with Crippen LogP contribution in [0.25, 0.3) is 0 Å². The summed E-state index contributed by atoms with van der Waals surface area (Å²) in [5.74, 6) is -1.86. The Kier molecular flexibility index (Phi) is 4.71. The SMILES string of the molecule is Cc1ccc(NC(=O)c2c(C)ccc(S(C)(=O)=O)c2F)cc1C#N. The monoisotopic (exact) mass is 346 g/mol. The summed E-state index contributed by atoms with van der Waals surface area (Å²) in [6.07, 6.45) is 0.877. The van der Waals surface area contributed by atoms with E-state index in [1.165, 1.54) is 19.1 Å². The molecule has 0 atom stereocenters. The maximum atomic E-state index is 14.5. The van der Waals surface area contributed by atoms with Gasteiger partial charge in [-0.05, 0) is 43.2 Å². The number of carbonyl (C=O) groups excluding carboxylic acids is 1. The number of hydrogen-bond donors (Lipinski definition) is 1. The first-order chi connectivity index (χ1) is 11.1. The van der Waals surface area contributed by atoms with Gasteiger partial charge in [0.25, 0.3) is 5.91 Å². The Hall–Kier alpha value is -2.72. The first-order valence-electron chi connectivity index (χ1n) is 6.96. The number of rotatable bonds is 3. The molecule has 2 aromatic rings. The summed E-state index contributed by atoms with van der Waals surface area (Å²) in [6.45, 7) is 3.27. The van der Waals surface area contributed by atoms with Crippen molar-refractivity contribution in [3.05, 3.63) is 58.4 Å². The van der Waals surface area contributed by atoms with Crippen LogP contribution in [-0.2, 0) is 9.84 Å². The van der Waals surface area contributed by atoms with Crippen LogP contribution in [0.1, 0.15) is 27.0 Å². The fraction of sp³-hybridized carbons (Fsp3) is 0.176. The number of halogens is 1. The summed E-state index contributed by atoms with van der Waals surface area (Å²) in [5, 5.41) is 11.5. The Balaban J connectivity index is 2.46. The topological polar surface area (TPSA) is 87.0 Å². The number of nitrogens with zero attached hydrogens (tertiary/aromatic N) is 1. The van der Waals surface area contributed by atoms with Crippen molar-refractivity contribution in [2.24, 2.45) is 0 Å². The molecule has 0 fully saturated rings. The van der Waals surface area contributed by atoms with Crippen molar-refractivity contribution in [1.29, 1.82) is 5.26 Å². The van der Waals surface area contributed by atoms with Gasteiger partial charge in [-0.3, -0.25) is 4.79 Å². The van der Waals surface area contributed by atoms with Crippen LogP contribution in [0.2, 0.25) is 0 Å². The maximum absolute atomic E-state index is 14.5. The fourth-order valence-corrected chi connectivity index (χ4v) is 2.98. The second-order valence-electron chi connectivity index (χ2n) is 5.44. The molecule has 5 nitrogen and oxygen atoms in total. The Morgan fingerprint density at radius 2 is 1.79 bits per heavy atom. The molecule has 0 aromatic heterocycles. The summed E-state index contributed by atoms with van der Waals surface area (Å²) in [7, 11) is -3.79. The van der Waals surface area contributed by atoms with E-state index in [0.717, 1.165) is 17.9 Å². The van der Waals surface area contributed by atoms with Crippen LogP contribution in [0.5, 0.6) is 0 Å². The van der Waals surface area contributed by atoms with Crippen LogP contribution in [0.15, 0.2) is 35.2 Å². The summed E-state index contributed by atoms with van der Waals surface area (Å²) < 4.78 is 37.7. The molecular weight excluding hydrogens is 331 g/mol. The Morgan fingerprint density at radius 3 is 2.38 bits per heavy atom. The van der Waals surface area contributed by atoms with Crippen LogP contribution in [-0.4, -0.2) is 20.6 Å². The number of aryl methyl sites for hydroxylation is 2. The molecule has 0 spiro atoms. The van der Waals surface area contributed by atoms with Crippen LogP contribution in [0, 0.1) is 31.0 Å². The highest BCUT2D eigenvalue weighted by Crippen LogP contribution is 2.23. The molecule has 2 aromatic carbocycles. The lowest BCUT2D eigenvalue weighted by Crippen LogP contribution is -2.17. The van der Waals surface area contributed by atoms with Crippen molar-refractivity contribution in [2.45, 2.75) is 18.7 Å². The smallest absolute Gasteiger partial charge is 0.258 e. The Bertz CT molecular complexity index is 976. The summed E-state index contributed by atoms with van der Waals surface area (Å²) in [6, 6.07) is 9.23. The molecule has 0 saturated carbocycles. The highest BCUT2D eigenvalue weighted by atomic mass is 32.2. The molecular formula is C17H15FN2O3S. The molecule has 124 valence electrons. The summed E-state index contributed by atoms with van der Waals surface area (Å²) in [5.41, 5.74) is 1.43. The normalized spacial score (nSPS) is 11.0. The lowest BCUT2D eigenvalue weighted by molar-refractivity contribution is 0.102. The standard InChI is InChI=1S/C17H15FN2O3S/c1-10-4-6-13(8-12(10)9-19)20-17(21)15-11(2)5-7-14(16(15)18)24(3,22)23/h4-8H,1-3H3,(H,20,21). The number of hydrogen-bond acceptors (Lipinski definition) is 4. The van der Waals surface area contributed by atoms with Gasteiger partial charge in [-0.2, -0.15) is 5.26 Å². The van der Waals surface area contributed by atoms with Crippen molar-refractivity contribution in [1.82, 2.24) is 0 Å². The zero-order chi connectivity index (χ0) is 18.1. The van der Waals surface area contributed by atoms with Gasteiger partial charge in [-0.15, -0.1) is 0 Å². The van der Waals surface area contributed by atoms with Crippen molar-refractivity contribution >= 4 is 21.4 Å². The molecule has 24 heavy (non-hydrogen) atoms. The molecule has 0 aliphatic heterocycles. The minimum Gasteiger partial charge on any atom is -0.322 e. The summed E-state index contributed by atoms with van der Waals surface area (Å²) >= 11 is 0. The van der Waals surface area contributed by atoms with E-state index in [2.05, 4.69) is 5.32 Å². The van der Waals surface area contributed by atoms with E-state index >= 15 is 0 Å². The third-order valence-electron chi connectivity index (χ3n) is 3.56. The number of nitrogens with one attached hydrogen (secondary N) is 1. The first-order valence-corrected chi connectivity index (χ1v) is 8.85. The molecule has 0 saturated heterocycles. The average Bonchev–Trinajstić information content (AvgIpc) is 2.47. The Labute approximate surface area is 139 Å². The van der Waals surface area contributed by atoms with Gasteiger partial charge in [0.05, 0.1) is 17.2 Å². The highest BCUT2D eigenvalue weighted by molar-refractivity contribution is 7.90. The quantitative estimate of drug-likeness (QED) is 0.925. The van der Waals surface area contributed by atoms with Crippen LogP contribution in [0.3, 0.4) is 0 Å². The van der Waals surface area contributed by atoms with Gasteiger partial charge in [0.2, 0.25) is 0 Å². The van der Waals surface area contributed by atoms with E-state index in [4.69, 9.17) is 5.26 Å². The van der Waals surface area contributed by atoms with Crippen molar-refractivity contribution < 1.29 is 17.6 Å². The summed E-state index contributed by atoms with van der Waals surface area (Å²) in [4.78, 5) is 11.9. The number of anilines is 1. The fourth-order valence-electron chi connectivity index (χ4n) is 2.23. The highest BCUT2D eigenvalue weighted by Gasteiger charge is 2.23. The molecule has 1 amide bonds. The molecule has 0 bridgehead atoms. The van der Waals surface area contributed by atoms with Gasteiger partial charge in [0.1, 0.15) is 4.90 Å². The zero-order valence-corrected chi connectivity index (χ0v) is 14.2. The molecule has 7 heteroatoms. The number of carbonyl (C=O) groups is 1. The van der Waals surface area contributed by atoms with E-state index in [0.29, 0.717) is 16.8 Å². The lowest BCUT2D eigenvalue weighted by Gasteiger charge is -2.12. The third-order valence-corrected chi connectivity index (χ3v) is 4.67. The lowest BCUT2D eigenvalue weighted by atomic mass is 10.1. The second-order valence-corrected chi connectivity index (χ2v) is 7.42. The van der Waals surface area contributed by atoms with Crippen LogP contribution >= 0.6 is 0 Å². The first kappa shape index (κ1) is 17.6. The molecule has 0 aliphatic rings. The molecule has 2 rings (SSSR count). The molecule has 1 N–H and O–H groups in total. The predicted octanol–water partition coefficient (Wildman–Crippen LogP) is 2.97. The van der Waals surface area contributed by atoms with Gasteiger partial charge < -0.3 is 5.32 Å². The van der Waals surface area contributed by atoms with Crippen molar-refractivity contribution in [2.75, 3.05) is 11.6 Å². The van der Waals surface area contributed by atoms with Gasteiger partial charge in [-0.1, -0.05) is 12.1 Å². The van der Waals surface area contributed by atoms with Crippen molar-refractivity contribution in [3.63, 3.8) is 0 Å². The number of benzene rings is 2. The van der Waals surface area contributed by atoms with Gasteiger partial charge >= 0.3 is 0 Å². The largest absolute Gasteiger partial charge is 0.322 e. The molecule has 0 radical (unpaired) electrons. The minimum atomic E-state index is -3.79. The van der Waals surface area contributed by atoms with E-state index in [9.17, 15) is 17.6 Å². The number of nitriles is 1. The molecule has 0 unspecified atom stereocenters. The van der Waals surface area contributed by atoms with Crippen molar-refractivity contribution in [3.8, 4) is 6.07 Å². The van der Waals surface area contributed by atoms with Crippen LogP contribution < -0.4 is 5.32 Å². The third kappa shape index (κ3) is 3.44. The predicted molar refractivity (Wildman–Crippen MR) is 88.1 cm³/mol. The second kappa shape index (κ2) is 6.42. The van der Waals surface area contributed by atoms with Gasteiger partial charge in [0.15, 0.2) is 15.7 Å². The van der Waals surface area contributed by atoms with E-state index < -0.39 is 26.5 Å². The average molecular weight is 346 g/mol. The van der Waals surface area contributed by atoms with Gasteiger partial charge in [0, 0.05) is 11.9 Å². The van der Waals surface area contributed by atoms with E-state index in [-0.39, 0.29) is 5.56 Å². The van der Waals surface area contributed by atoms with E-state index in [1.54, 1.807) is 19.1 Å². The van der Waals surface area contributed by atoms with E-state index in [1.807, 2.05) is 6.07 Å². The van der Waals surface area contributed by atoms with Crippen LogP contribution in [0.4, 0.5) is 10.1 Å². The van der Waals surface area contributed by atoms with Gasteiger partial charge in [-0.25, -0.2) is 12.8 Å². The zero-order valence-electron chi connectivity index (χ0n) is 13.3. The Morgan fingerprint density at radius 1 is 1.17 bits per heavy atom. The molecule has 0 heterocycles. The number of sulfone groups is 1. The maximum Gasteiger partial charge on any atom is 0.258 e. The molecule has 0 aliphatic carbocycles. The minimum absolute atomic E-state index is 0.310. The number of amides is 1.